The highest BCUT2D eigenvalue weighted by atomic mass is 16.7. The van der Waals surface area contributed by atoms with Gasteiger partial charge in [-0.25, -0.2) is 4.79 Å². The predicted octanol–water partition coefficient (Wildman–Crippen LogP) is 3.48. The monoisotopic (exact) mass is 274 g/mol. The Morgan fingerprint density at radius 3 is 2.35 bits per heavy atom. The van der Waals surface area contributed by atoms with Gasteiger partial charge in [0.2, 0.25) is 5.60 Å². The molecular formula is C17H22O3. The number of hydrogen-bond acceptors (Lipinski definition) is 3. The van der Waals surface area contributed by atoms with Gasteiger partial charge in [0, 0.05) is 0 Å². The lowest BCUT2D eigenvalue weighted by molar-refractivity contribution is -0.154. The Morgan fingerprint density at radius 2 is 1.80 bits per heavy atom. The van der Waals surface area contributed by atoms with E-state index in [1.807, 2.05) is 45.0 Å². The van der Waals surface area contributed by atoms with E-state index in [1.165, 1.54) is 5.56 Å². The minimum absolute atomic E-state index is 0.118. The highest BCUT2D eigenvalue weighted by molar-refractivity contribution is 5.87. The standard InChI is InChI=1S/C17H22O3/c1-12(2)19-15(18)17(14-8-6-13(3)7-9-14)16(20-17)10-4-5-11-16/h6-9,12H,4-5,10-11H2,1-3H3. The van der Waals surface area contributed by atoms with Crippen LogP contribution in [0.3, 0.4) is 0 Å². The highest BCUT2D eigenvalue weighted by Gasteiger charge is 2.76. The molecule has 2 fully saturated rings. The fourth-order valence-electron chi connectivity index (χ4n) is 3.42. The quantitative estimate of drug-likeness (QED) is 0.625. The summed E-state index contributed by atoms with van der Waals surface area (Å²) in [5, 5.41) is 0. The Balaban J connectivity index is 1.97. The van der Waals surface area contributed by atoms with E-state index in [4.69, 9.17) is 9.47 Å². The van der Waals surface area contributed by atoms with Gasteiger partial charge in [0.1, 0.15) is 5.60 Å². The van der Waals surface area contributed by atoms with Crippen LogP contribution >= 0.6 is 0 Å². The summed E-state index contributed by atoms with van der Waals surface area (Å²) in [5.41, 5.74) is 0.952. The lowest BCUT2D eigenvalue weighted by Crippen LogP contribution is -2.34. The Hall–Kier alpha value is -1.35. The van der Waals surface area contributed by atoms with Crippen molar-refractivity contribution in [1.82, 2.24) is 0 Å². The van der Waals surface area contributed by atoms with Crippen LogP contribution in [-0.4, -0.2) is 17.7 Å². The third-order valence-corrected chi connectivity index (χ3v) is 4.45. The fourth-order valence-corrected chi connectivity index (χ4v) is 3.42. The molecule has 1 aliphatic heterocycles. The van der Waals surface area contributed by atoms with E-state index in [0.29, 0.717) is 0 Å². The van der Waals surface area contributed by atoms with E-state index >= 15 is 0 Å². The number of ether oxygens (including phenoxy) is 2. The van der Waals surface area contributed by atoms with Crippen molar-refractivity contribution in [2.24, 2.45) is 0 Å². The van der Waals surface area contributed by atoms with Crippen LogP contribution in [0.15, 0.2) is 24.3 Å². The Kier molecular flexibility index (Phi) is 3.13. The molecule has 1 unspecified atom stereocenters. The van der Waals surface area contributed by atoms with Crippen LogP contribution in [0.2, 0.25) is 0 Å². The first-order valence-electron chi connectivity index (χ1n) is 7.49. The van der Waals surface area contributed by atoms with Crippen molar-refractivity contribution in [2.75, 3.05) is 0 Å². The van der Waals surface area contributed by atoms with E-state index in [-0.39, 0.29) is 17.7 Å². The van der Waals surface area contributed by atoms with Gasteiger partial charge in [0.15, 0.2) is 0 Å². The highest BCUT2D eigenvalue weighted by Crippen LogP contribution is 2.64. The van der Waals surface area contributed by atoms with E-state index in [9.17, 15) is 4.79 Å². The average molecular weight is 274 g/mol. The second kappa shape index (κ2) is 4.59. The molecule has 1 saturated heterocycles. The first-order valence-corrected chi connectivity index (χ1v) is 7.49. The van der Waals surface area contributed by atoms with Gasteiger partial charge in [-0.15, -0.1) is 0 Å². The summed E-state index contributed by atoms with van der Waals surface area (Å²) < 4.78 is 11.6. The van der Waals surface area contributed by atoms with Crippen molar-refractivity contribution in [3.8, 4) is 0 Å². The van der Waals surface area contributed by atoms with Crippen LogP contribution in [0.1, 0.15) is 50.7 Å². The molecule has 0 bridgehead atoms. The molecule has 2 aliphatic rings. The molecule has 0 radical (unpaired) electrons. The lowest BCUT2D eigenvalue weighted by Gasteiger charge is -2.18. The summed E-state index contributed by atoms with van der Waals surface area (Å²) in [6, 6.07) is 8.07. The van der Waals surface area contributed by atoms with Gasteiger partial charge in [-0.3, -0.25) is 0 Å². The molecule has 1 spiro atoms. The molecule has 20 heavy (non-hydrogen) atoms. The summed E-state index contributed by atoms with van der Waals surface area (Å²) in [6.07, 6.45) is 4.04. The number of rotatable bonds is 3. The third kappa shape index (κ3) is 1.87. The van der Waals surface area contributed by atoms with Crippen LogP contribution < -0.4 is 0 Å². The number of benzene rings is 1. The molecule has 1 atom stereocenters. The third-order valence-electron chi connectivity index (χ3n) is 4.45. The van der Waals surface area contributed by atoms with Gasteiger partial charge in [0.05, 0.1) is 6.10 Å². The molecule has 0 N–H and O–H groups in total. The Bertz CT molecular complexity index is 512. The number of epoxide rings is 1. The maximum Gasteiger partial charge on any atom is 0.346 e. The maximum absolute atomic E-state index is 12.6. The molecule has 108 valence electrons. The molecule has 1 aromatic carbocycles. The smallest absolute Gasteiger partial charge is 0.346 e. The van der Waals surface area contributed by atoms with Crippen molar-refractivity contribution in [3.05, 3.63) is 35.4 Å². The Labute approximate surface area is 120 Å². The van der Waals surface area contributed by atoms with Crippen LogP contribution in [-0.2, 0) is 19.9 Å². The maximum atomic E-state index is 12.6. The van der Waals surface area contributed by atoms with Crippen LogP contribution in [0, 0.1) is 6.92 Å². The molecule has 0 aromatic heterocycles. The first-order chi connectivity index (χ1) is 9.50. The zero-order valence-electron chi connectivity index (χ0n) is 12.4. The summed E-state index contributed by atoms with van der Waals surface area (Å²) in [6.45, 7) is 5.80. The summed E-state index contributed by atoms with van der Waals surface area (Å²) in [5.74, 6) is -0.224. The number of esters is 1. The molecule has 3 nitrogen and oxygen atoms in total. The van der Waals surface area contributed by atoms with Crippen LogP contribution in [0.5, 0.6) is 0 Å². The van der Waals surface area contributed by atoms with Crippen molar-refractivity contribution in [3.63, 3.8) is 0 Å². The zero-order chi connectivity index (χ0) is 14.4. The Morgan fingerprint density at radius 1 is 1.20 bits per heavy atom. The number of hydrogen-bond donors (Lipinski definition) is 0. The van der Waals surface area contributed by atoms with Gasteiger partial charge in [-0.1, -0.05) is 42.7 Å². The van der Waals surface area contributed by atoms with Crippen molar-refractivity contribution < 1.29 is 14.3 Å². The summed E-state index contributed by atoms with van der Waals surface area (Å²) in [7, 11) is 0. The molecule has 1 aliphatic carbocycles. The summed E-state index contributed by atoms with van der Waals surface area (Å²) in [4.78, 5) is 12.6. The minimum atomic E-state index is -0.860. The van der Waals surface area contributed by atoms with Gasteiger partial charge in [-0.05, 0) is 39.2 Å². The van der Waals surface area contributed by atoms with Crippen molar-refractivity contribution in [2.45, 2.75) is 63.8 Å². The number of aryl methyl sites for hydroxylation is 1. The molecule has 1 aromatic rings. The SMILES string of the molecule is Cc1ccc(C2(C(=O)OC(C)C)OC23CCCC3)cc1. The van der Waals surface area contributed by atoms with Gasteiger partial charge < -0.3 is 9.47 Å². The first kappa shape index (κ1) is 13.6. The van der Waals surface area contributed by atoms with Crippen molar-refractivity contribution >= 4 is 5.97 Å². The minimum Gasteiger partial charge on any atom is -0.460 e. The van der Waals surface area contributed by atoms with Crippen LogP contribution in [0.25, 0.3) is 0 Å². The van der Waals surface area contributed by atoms with E-state index < -0.39 is 5.60 Å². The van der Waals surface area contributed by atoms with Crippen molar-refractivity contribution in [1.29, 1.82) is 0 Å². The predicted molar refractivity (Wildman–Crippen MR) is 76.4 cm³/mol. The van der Waals surface area contributed by atoms with Gasteiger partial charge in [-0.2, -0.15) is 0 Å². The number of carbonyl (C=O) groups is 1. The average Bonchev–Trinajstić information content (AvgIpc) is 2.79. The topological polar surface area (TPSA) is 38.8 Å². The largest absolute Gasteiger partial charge is 0.460 e. The number of carbonyl (C=O) groups excluding carboxylic acids is 1. The molecule has 1 heterocycles. The van der Waals surface area contributed by atoms with E-state index in [1.54, 1.807) is 0 Å². The second-order valence-corrected chi connectivity index (χ2v) is 6.30. The van der Waals surface area contributed by atoms with Gasteiger partial charge >= 0.3 is 5.97 Å². The molecule has 1 saturated carbocycles. The van der Waals surface area contributed by atoms with E-state index in [0.717, 1.165) is 31.2 Å². The molecule has 3 heteroatoms. The zero-order valence-corrected chi connectivity index (χ0v) is 12.4. The second-order valence-electron chi connectivity index (χ2n) is 6.30. The molecule has 0 amide bonds. The van der Waals surface area contributed by atoms with E-state index in [2.05, 4.69) is 0 Å². The fraction of sp³-hybridized carbons (Fsp3) is 0.588. The van der Waals surface area contributed by atoms with Crippen LogP contribution in [0.4, 0.5) is 0 Å². The van der Waals surface area contributed by atoms with Gasteiger partial charge in [0.25, 0.3) is 0 Å². The molecular weight excluding hydrogens is 252 g/mol. The lowest BCUT2D eigenvalue weighted by atomic mass is 9.84. The molecule has 3 rings (SSSR count). The normalized spacial score (nSPS) is 27.0. The summed E-state index contributed by atoms with van der Waals surface area (Å²) >= 11 is 0.